The molecule has 2 heterocycles. The Bertz CT molecular complexity index is 524. The predicted molar refractivity (Wildman–Crippen MR) is 77.9 cm³/mol. The van der Waals surface area contributed by atoms with Crippen molar-refractivity contribution in [3.63, 3.8) is 0 Å². The van der Waals surface area contributed by atoms with Crippen molar-refractivity contribution in [1.29, 1.82) is 0 Å². The molecule has 1 aromatic heterocycles. The van der Waals surface area contributed by atoms with E-state index in [-0.39, 0.29) is 18.2 Å². The third kappa shape index (κ3) is 4.31. The highest BCUT2D eigenvalue weighted by molar-refractivity contribution is 5.76. The normalized spacial score (nSPS) is 18.8. The standard InChI is InChI=1S/C15H23N3O3/c1-11-8-12(2)18(16-11)7-5-14(19)17-6-3-4-13(10-17)9-15(20)21/h8,13H,3-7,9-10H2,1-2H3,(H,20,21). The van der Waals surface area contributed by atoms with Crippen LogP contribution in [0, 0.1) is 19.8 Å². The molecule has 6 nitrogen and oxygen atoms in total. The molecule has 116 valence electrons. The number of aliphatic carboxylic acids is 1. The molecule has 1 fully saturated rings. The third-order valence-electron chi connectivity index (χ3n) is 3.98. The van der Waals surface area contributed by atoms with Crippen molar-refractivity contribution in [1.82, 2.24) is 14.7 Å². The molecule has 0 aromatic carbocycles. The first-order valence-corrected chi connectivity index (χ1v) is 7.46. The van der Waals surface area contributed by atoms with Gasteiger partial charge in [0.05, 0.1) is 5.69 Å². The molecule has 0 saturated carbocycles. The average molecular weight is 293 g/mol. The Labute approximate surface area is 124 Å². The summed E-state index contributed by atoms with van der Waals surface area (Å²) in [6.45, 7) is 5.81. The lowest BCUT2D eigenvalue weighted by atomic mass is 9.94. The summed E-state index contributed by atoms with van der Waals surface area (Å²) < 4.78 is 1.85. The minimum absolute atomic E-state index is 0.0916. The summed E-state index contributed by atoms with van der Waals surface area (Å²) in [5, 5.41) is 13.2. The Kier molecular flexibility index (Phi) is 4.98. The average Bonchev–Trinajstić information content (AvgIpc) is 2.74. The molecule has 2 rings (SSSR count). The fraction of sp³-hybridized carbons (Fsp3) is 0.667. The zero-order valence-electron chi connectivity index (χ0n) is 12.7. The second-order valence-electron chi connectivity index (χ2n) is 5.85. The number of amides is 1. The summed E-state index contributed by atoms with van der Waals surface area (Å²) in [5.74, 6) is -0.594. The van der Waals surface area contributed by atoms with Crippen molar-refractivity contribution in [2.45, 2.75) is 46.1 Å². The van der Waals surface area contributed by atoms with Crippen LogP contribution in [0.1, 0.15) is 37.1 Å². The maximum Gasteiger partial charge on any atom is 0.303 e. The summed E-state index contributed by atoms with van der Waals surface area (Å²) in [5.41, 5.74) is 2.02. The van der Waals surface area contributed by atoms with E-state index in [1.807, 2.05) is 29.5 Å². The highest BCUT2D eigenvalue weighted by atomic mass is 16.4. The minimum atomic E-state index is -0.781. The molecule has 0 spiro atoms. The first-order valence-electron chi connectivity index (χ1n) is 7.46. The van der Waals surface area contributed by atoms with Crippen LogP contribution in [0.5, 0.6) is 0 Å². The number of nitrogens with zero attached hydrogens (tertiary/aromatic N) is 3. The predicted octanol–water partition coefficient (Wildman–Crippen LogP) is 1.60. The van der Waals surface area contributed by atoms with Gasteiger partial charge in [-0.05, 0) is 38.7 Å². The second-order valence-corrected chi connectivity index (χ2v) is 5.85. The van der Waals surface area contributed by atoms with Gasteiger partial charge in [0, 0.05) is 38.2 Å². The number of carboxylic acid groups (broad SMARTS) is 1. The molecule has 1 unspecified atom stereocenters. The summed E-state index contributed by atoms with van der Waals surface area (Å²) >= 11 is 0. The lowest BCUT2D eigenvalue weighted by molar-refractivity contribution is -0.140. The van der Waals surface area contributed by atoms with E-state index in [0.29, 0.717) is 19.5 Å². The molecular weight excluding hydrogens is 270 g/mol. The topological polar surface area (TPSA) is 75.4 Å². The Hall–Kier alpha value is -1.85. The number of aromatic nitrogens is 2. The van der Waals surface area contributed by atoms with E-state index in [0.717, 1.165) is 30.8 Å². The lowest BCUT2D eigenvalue weighted by Crippen LogP contribution is -2.40. The largest absolute Gasteiger partial charge is 0.481 e. The van der Waals surface area contributed by atoms with E-state index in [1.54, 1.807) is 0 Å². The number of carboxylic acids is 1. The van der Waals surface area contributed by atoms with Crippen LogP contribution in [-0.4, -0.2) is 44.8 Å². The summed E-state index contributed by atoms with van der Waals surface area (Å²) in [6, 6.07) is 1.99. The van der Waals surface area contributed by atoms with E-state index >= 15 is 0 Å². The van der Waals surface area contributed by atoms with Crippen LogP contribution in [-0.2, 0) is 16.1 Å². The van der Waals surface area contributed by atoms with Crippen molar-refractivity contribution in [2.24, 2.45) is 5.92 Å². The zero-order valence-corrected chi connectivity index (χ0v) is 12.7. The van der Waals surface area contributed by atoms with E-state index < -0.39 is 5.97 Å². The van der Waals surface area contributed by atoms with Crippen molar-refractivity contribution in [3.05, 3.63) is 17.5 Å². The van der Waals surface area contributed by atoms with Crippen LogP contribution in [0.3, 0.4) is 0 Å². The Balaban J connectivity index is 1.85. The number of carbonyl (C=O) groups excluding carboxylic acids is 1. The minimum Gasteiger partial charge on any atom is -0.481 e. The molecule has 1 amide bonds. The zero-order chi connectivity index (χ0) is 15.4. The molecule has 1 saturated heterocycles. The molecule has 1 atom stereocenters. The maximum atomic E-state index is 12.3. The van der Waals surface area contributed by atoms with E-state index in [1.165, 1.54) is 0 Å². The third-order valence-corrected chi connectivity index (χ3v) is 3.98. The first-order chi connectivity index (χ1) is 9.95. The first kappa shape index (κ1) is 15.5. The maximum absolute atomic E-state index is 12.3. The number of hydrogen-bond acceptors (Lipinski definition) is 3. The van der Waals surface area contributed by atoms with Crippen molar-refractivity contribution in [2.75, 3.05) is 13.1 Å². The van der Waals surface area contributed by atoms with Gasteiger partial charge in [-0.15, -0.1) is 0 Å². The molecule has 0 aliphatic carbocycles. The van der Waals surface area contributed by atoms with Gasteiger partial charge in [0.2, 0.25) is 5.91 Å². The second kappa shape index (κ2) is 6.74. The van der Waals surface area contributed by atoms with Gasteiger partial charge in [-0.3, -0.25) is 14.3 Å². The fourth-order valence-electron chi connectivity index (χ4n) is 2.97. The molecule has 1 aliphatic heterocycles. The van der Waals surface area contributed by atoms with Gasteiger partial charge in [-0.25, -0.2) is 0 Å². The molecular formula is C15H23N3O3. The van der Waals surface area contributed by atoms with E-state index in [2.05, 4.69) is 5.10 Å². The van der Waals surface area contributed by atoms with Crippen LogP contribution in [0.15, 0.2) is 6.07 Å². The van der Waals surface area contributed by atoms with Crippen LogP contribution in [0.2, 0.25) is 0 Å². The number of aryl methyl sites for hydroxylation is 3. The SMILES string of the molecule is Cc1cc(C)n(CCC(=O)N2CCCC(CC(=O)O)C2)n1. The molecule has 1 N–H and O–H groups in total. The van der Waals surface area contributed by atoms with Crippen LogP contribution in [0.4, 0.5) is 0 Å². The summed E-state index contributed by atoms with van der Waals surface area (Å²) in [4.78, 5) is 24.8. The van der Waals surface area contributed by atoms with Crippen molar-refractivity contribution in [3.8, 4) is 0 Å². The number of likely N-dealkylation sites (tertiary alicyclic amines) is 1. The summed E-state index contributed by atoms with van der Waals surface area (Å²) in [6.07, 6.45) is 2.36. The van der Waals surface area contributed by atoms with Crippen molar-refractivity contribution < 1.29 is 14.7 Å². The summed E-state index contributed by atoms with van der Waals surface area (Å²) in [7, 11) is 0. The molecule has 0 radical (unpaired) electrons. The lowest BCUT2D eigenvalue weighted by Gasteiger charge is -2.32. The number of piperidine rings is 1. The Morgan fingerprint density at radius 2 is 2.19 bits per heavy atom. The van der Waals surface area contributed by atoms with E-state index in [4.69, 9.17) is 5.11 Å². The van der Waals surface area contributed by atoms with Gasteiger partial charge in [-0.2, -0.15) is 5.10 Å². The number of carbonyl (C=O) groups is 2. The molecule has 21 heavy (non-hydrogen) atoms. The van der Waals surface area contributed by atoms with E-state index in [9.17, 15) is 9.59 Å². The Morgan fingerprint density at radius 1 is 1.43 bits per heavy atom. The number of rotatable bonds is 5. The molecule has 1 aromatic rings. The van der Waals surface area contributed by atoms with Crippen LogP contribution in [0.25, 0.3) is 0 Å². The smallest absolute Gasteiger partial charge is 0.303 e. The Morgan fingerprint density at radius 3 is 2.81 bits per heavy atom. The van der Waals surface area contributed by atoms with Crippen LogP contribution >= 0.6 is 0 Å². The quantitative estimate of drug-likeness (QED) is 0.894. The molecule has 1 aliphatic rings. The van der Waals surface area contributed by atoms with Gasteiger partial charge in [0.25, 0.3) is 0 Å². The van der Waals surface area contributed by atoms with Crippen LogP contribution < -0.4 is 0 Å². The van der Waals surface area contributed by atoms with Gasteiger partial charge < -0.3 is 10.0 Å². The highest BCUT2D eigenvalue weighted by Gasteiger charge is 2.25. The number of hydrogen-bond donors (Lipinski definition) is 1. The van der Waals surface area contributed by atoms with Crippen molar-refractivity contribution >= 4 is 11.9 Å². The van der Waals surface area contributed by atoms with Gasteiger partial charge in [0.1, 0.15) is 0 Å². The highest BCUT2D eigenvalue weighted by Crippen LogP contribution is 2.20. The fourth-order valence-corrected chi connectivity index (χ4v) is 2.97. The van der Waals surface area contributed by atoms with Gasteiger partial charge in [0.15, 0.2) is 0 Å². The molecule has 6 heteroatoms. The van der Waals surface area contributed by atoms with Gasteiger partial charge in [-0.1, -0.05) is 0 Å². The molecule has 0 bridgehead atoms. The monoisotopic (exact) mass is 293 g/mol. The van der Waals surface area contributed by atoms with Gasteiger partial charge >= 0.3 is 5.97 Å².